The number of rotatable bonds is 4. The molecule has 4 nitrogen and oxygen atoms in total. The molecule has 1 aromatic heterocycles. The number of hydrogen-bond donors (Lipinski definition) is 1. The minimum atomic E-state index is 0.0107. The molecule has 26 heavy (non-hydrogen) atoms. The minimum absolute atomic E-state index is 0.0107. The van der Waals surface area contributed by atoms with Crippen LogP contribution in [0.1, 0.15) is 60.6 Å². The first-order valence-corrected chi connectivity index (χ1v) is 10.1. The van der Waals surface area contributed by atoms with Crippen molar-refractivity contribution in [1.82, 2.24) is 15.1 Å². The second kappa shape index (κ2) is 7.75. The molecule has 1 aliphatic carbocycles. The first-order valence-electron chi connectivity index (χ1n) is 10.1. The Labute approximate surface area is 155 Å². The largest absolute Gasteiger partial charge is 0.299 e. The Morgan fingerprint density at radius 2 is 1.85 bits per heavy atom. The molecule has 0 bridgehead atoms. The zero-order chi connectivity index (χ0) is 17.9. The Bertz CT molecular complexity index is 818. The molecule has 2 heterocycles. The van der Waals surface area contributed by atoms with E-state index in [0.29, 0.717) is 0 Å². The van der Waals surface area contributed by atoms with Crippen LogP contribution in [-0.2, 0) is 25.8 Å². The number of nitrogens with one attached hydrogen (secondary N) is 1. The van der Waals surface area contributed by atoms with Crippen LogP contribution in [-0.4, -0.2) is 28.2 Å². The maximum atomic E-state index is 12.0. The highest BCUT2D eigenvalue weighted by atomic mass is 16.1. The standard InChI is InChI=1S/C22H29N3O/c1-16-9-11-25(12-10-16)15-18-6-4-5-17(13-18)14-21-19-7-2-3-8-20(19)22(26)24-23-21/h4-6,13,16H,2-3,7-12,14-15H2,1H3,(H,24,26). The molecule has 1 aromatic carbocycles. The fraction of sp³-hybridized carbons (Fsp3) is 0.545. The number of likely N-dealkylation sites (tertiary alicyclic amines) is 1. The van der Waals surface area contributed by atoms with Gasteiger partial charge in [0, 0.05) is 18.5 Å². The molecule has 1 aliphatic heterocycles. The fourth-order valence-electron chi connectivity index (χ4n) is 4.38. The summed E-state index contributed by atoms with van der Waals surface area (Å²) in [7, 11) is 0. The van der Waals surface area contributed by atoms with Gasteiger partial charge in [-0.15, -0.1) is 0 Å². The summed E-state index contributed by atoms with van der Waals surface area (Å²) in [6, 6.07) is 8.90. The second-order valence-electron chi connectivity index (χ2n) is 8.12. The van der Waals surface area contributed by atoms with E-state index in [9.17, 15) is 4.79 Å². The molecule has 0 unspecified atom stereocenters. The molecule has 4 heteroatoms. The van der Waals surface area contributed by atoms with E-state index in [2.05, 4.69) is 46.3 Å². The van der Waals surface area contributed by atoms with Crippen molar-refractivity contribution in [2.45, 2.75) is 58.4 Å². The lowest BCUT2D eigenvalue weighted by Crippen LogP contribution is -2.32. The zero-order valence-corrected chi connectivity index (χ0v) is 15.8. The van der Waals surface area contributed by atoms with Crippen molar-refractivity contribution >= 4 is 0 Å². The number of nitrogens with zero attached hydrogens (tertiary/aromatic N) is 2. The summed E-state index contributed by atoms with van der Waals surface area (Å²) in [5.41, 5.74) is 5.92. The van der Waals surface area contributed by atoms with Crippen LogP contribution in [0.15, 0.2) is 29.1 Å². The number of H-pyrrole nitrogens is 1. The molecular weight excluding hydrogens is 322 g/mol. The highest BCUT2D eigenvalue weighted by molar-refractivity contribution is 5.35. The molecule has 4 rings (SSSR count). The second-order valence-corrected chi connectivity index (χ2v) is 8.12. The third-order valence-electron chi connectivity index (χ3n) is 6.03. The molecule has 138 valence electrons. The normalized spacial score (nSPS) is 18.7. The molecule has 2 aliphatic rings. The Morgan fingerprint density at radius 1 is 1.12 bits per heavy atom. The number of benzene rings is 1. The first kappa shape index (κ1) is 17.5. The predicted molar refractivity (Wildman–Crippen MR) is 104 cm³/mol. The van der Waals surface area contributed by atoms with E-state index < -0.39 is 0 Å². The van der Waals surface area contributed by atoms with Crippen molar-refractivity contribution in [1.29, 1.82) is 0 Å². The quantitative estimate of drug-likeness (QED) is 0.917. The Balaban J connectivity index is 1.50. The van der Waals surface area contributed by atoms with Crippen LogP contribution in [0.2, 0.25) is 0 Å². The smallest absolute Gasteiger partial charge is 0.267 e. The van der Waals surface area contributed by atoms with Gasteiger partial charge in [0.25, 0.3) is 5.56 Å². The molecule has 0 saturated carbocycles. The molecule has 2 aromatic rings. The third-order valence-corrected chi connectivity index (χ3v) is 6.03. The van der Waals surface area contributed by atoms with Gasteiger partial charge in [-0.2, -0.15) is 5.10 Å². The topological polar surface area (TPSA) is 49.0 Å². The average Bonchev–Trinajstić information content (AvgIpc) is 2.67. The average molecular weight is 351 g/mol. The van der Waals surface area contributed by atoms with Gasteiger partial charge in [-0.3, -0.25) is 9.69 Å². The molecular formula is C22H29N3O. The van der Waals surface area contributed by atoms with Crippen LogP contribution in [0, 0.1) is 5.92 Å². The summed E-state index contributed by atoms with van der Waals surface area (Å²) < 4.78 is 0. The molecule has 1 fully saturated rings. The molecule has 1 N–H and O–H groups in total. The number of aromatic nitrogens is 2. The number of piperidine rings is 1. The number of aromatic amines is 1. The van der Waals surface area contributed by atoms with Crippen molar-refractivity contribution < 1.29 is 0 Å². The highest BCUT2D eigenvalue weighted by Crippen LogP contribution is 2.23. The first-order chi connectivity index (χ1) is 12.7. The predicted octanol–water partition coefficient (Wildman–Crippen LogP) is 3.47. The van der Waals surface area contributed by atoms with E-state index in [1.54, 1.807) is 0 Å². The summed E-state index contributed by atoms with van der Waals surface area (Å²) in [4.78, 5) is 14.6. The van der Waals surface area contributed by atoms with Gasteiger partial charge in [0.1, 0.15) is 0 Å². The van der Waals surface area contributed by atoms with Gasteiger partial charge in [-0.1, -0.05) is 31.2 Å². The summed E-state index contributed by atoms with van der Waals surface area (Å²) in [6.45, 7) is 5.81. The van der Waals surface area contributed by atoms with E-state index in [-0.39, 0.29) is 5.56 Å². The van der Waals surface area contributed by atoms with Crippen LogP contribution in [0.4, 0.5) is 0 Å². The fourth-order valence-corrected chi connectivity index (χ4v) is 4.38. The van der Waals surface area contributed by atoms with Crippen LogP contribution in [0.5, 0.6) is 0 Å². The van der Waals surface area contributed by atoms with E-state index in [4.69, 9.17) is 0 Å². The Kier molecular flexibility index (Phi) is 5.21. The maximum absolute atomic E-state index is 12.0. The van der Waals surface area contributed by atoms with Gasteiger partial charge < -0.3 is 0 Å². The summed E-state index contributed by atoms with van der Waals surface area (Å²) in [5.74, 6) is 0.870. The van der Waals surface area contributed by atoms with Crippen molar-refractivity contribution in [3.8, 4) is 0 Å². The summed E-state index contributed by atoms with van der Waals surface area (Å²) >= 11 is 0. The van der Waals surface area contributed by atoms with Crippen LogP contribution >= 0.6 is 0 Å². The Hall–Kier alpha value is -1.94. The number of hydrogen-bond acceptors (Lipinski definition) is 3. The summed E-state index contributed by atoms with van der Waals surface area (Å²) in [6.07, 6.45) is 7.60. The van der Waals surface area contributed by atoms with Gasteiger partial charge in [0.15, 0.2) is 0 Å². The van der Waals surface area contributed by atoms with Crippen molar-refractivity contribution in [3.05, 3.63) is 62.6 Å². The molecule has 0 radical (unpaired) electrons. The van der Waals surface area contributed by atoms with Gasteiger partial charge in [-0.05, 0) is 74.2 Å². The van der Waals surface area contributed by atoms with Crippen molar-refractivity contribution in [2.75, 3.05) is 13.1 Å². The third kappa shape index (κ3) is 3.90. The van der Waals surface area contributed by atoms with Gasteiger partial charge in [0.05, 0.1) is 5.69 Å². The highest BCUT2D eigenvalue weighted by Gasteiger charge is 2.19. The van der Waals surface area contributed by atoms with Crippen LogP contribution < -0.4 is 5.56 Å². The molecule has 0 amide bonds. The SMILES string of the molecule is CC1CCN(Cc2cccc(Cc3n[nH]c(=O)c4c3CCCC4)c2)CC1. The van der Waals surface area contributed by atoms with E-state index >= 15 is 0 Å². The lowest BCUT2D eigenvalue weighted by atomic mass is 9.90. The maximum Gasteiger partial charge on any atom is 0.267 e. The van der Waals surface area contributed by atoms with Gasteiger partial charge >= 0.3 is 0 Å². The monoisotopic (exact) mass is 351 g/mol. The lowest BCUT2D eigenvalue weighted by Gasteiger charge is -2.30. The van der Waals surface area contributed by atoms with E-state index in [0.717, 1.165) is 49.4 Å². The number of fused-ring (bicyclic) bond motifs is 1. The van der Waals surface area contributed by atoms with Crippen molar-refractivity contribution in [3.63, 3.8) is 0 Å². The zero-order valence-electron chi connectivity index (χ0n) is 15.8. The van der Waals surface area contributed by atoms with E-state index in [1.165, 1.54) is 49.0 Å². The van der Waals surface area contributed by atoms with Gasteiger partial charge in [-0.25, -0.2) is 5.10 Å². The lowest BCUT2D eigenvalue weighted by molar-refractivity contribution is 0.185. The Morgan fingerprint density at radius 3 is 2.65 bits per heavy atom. The van der Waals surface area contributed by atoms with Crippen molar-refractivity contribution in [2.24, 2.45) is 5.92 Å². The van der Waals surface area contributed by atoms with Gasteiger partial charge in [0.2, 0.25) is 0 Å². The summed E-state index contributed by atoms with van der Waals surface area (Å²) in [5, 5.41) is 7.11. The molecule has 0 atom stereocenters. The molecule has 0 spiro atoms. The minimum Gasteiger partial charge on any atom is -0.299 e. The van der Waals surface area contributed by atoms with E-state index in [1.807, 2.05) is 0 Å². The molecule has 1 saturated heterocycles. The van der Waals surface area contributed by atoms with Crippen LogP contribution in [0.25, 0.3) is 0 Å². The van der Waals surface area contributed by atoms with Crippen LogP contribution in [0.3, 0.4) is 0 Å².